The van der Waals surface area contributed by atoms with Gasteiger partial charge in [0.2, 0.25) is 0 Å². The van der Waals surface area contributed by atoms with E-state index < -0.39 is 12.1 Å². The Hall–Kier alpha value is -1.26. The first kappa shape index (κ1) is 9.83. The van der Waals surface area contributed by atoms with Crippen LogP contribution in [0.4, 0.5) is 5.69 Å². The van der Waals surface area contributed by atoms with Gasteiger partial charge in [0.25, 0.3) is 0 Å². The van der Waals surface area contributed by atoms with Crippen molar-refractivity contribution in [2.45, 2.75) is 19.1 Å². The summed E-state index contributed by atoms with van der Waals surface area (Å²) in [6.45, 7) is 1.60. The van der Waals surface area contributed by atoms with Crippen LogP contribution in [0.2, 0.25) is 0 Å². The van der Waals surface area contributed by atoms with Crippen LogP contribution in [0.1, 0.15) is 18.5 Å². The van der Waals surface area contributed by atoms with E-state index >= 15 is 0 Å². The molecule has 0 radical (unpaired) electrons. The summed E-state index contributed by atoms with van der Waals surface area (Å²) in [5, 5.41) is 18.5. The van der Waals surface area contributed by atoms with Gasteiger partial charge >= 0.3 is 0 Å². The maximum absolute atomic E-state index is 9.27. The number of hydrogen-bond donors (Lipinski definition) is 4. The molecular formula is C9H14N2O2. The molecule has 0 heterocycles. The predicted molar refractivity (Wildman–Crippen MR) is 51.1 cm³/mol. The van der Waals surface area contributed by atoms with Crippen LogP contribution in [-0.4, -0.2) is 16.3 Å². The van der Waals surface area contributed by atoms with Gasteiger partial charge in [0.1, 0.15) is 5.75 Å². The van der Waals surface area contributed by atoms with Crippen molar-refractivity contribution in [3.8, 4) is 5.75 Å². The van der Waals surface area contributed by atoms with E-state index in [-0.39, 0.29) is 5.75 Å². The molecule has 0 bridgehead atoms. The van der Waals surface area contributed by atoms with Gasteiger partial charge in [-0.15, -0.1) is 0 Å². The number of rotatable bonds is 2. The maximum atomic E-state index is 9.27. The lowest BCUT2D eigenvalue weighted by atomic mass is 10.0. The van der Waals surface area contributed by atoms with E-state index in [2.05, 4.69) is 0 Å². The molecule has 2 atom stereocenters. The van der Waals surface area contributed by atoms with Gasteiger partial charge in [-0.1, -0.05) is 6.07 Å². The first-order valence-corrected chi connectivity index (χ1v) is 4.04. The summed E-state index contributed by atoms with van der Waals surface area (Å²) >= 11 is 0. The summed E-state index contributed by atoms with van der Waals surface area (Å²) < 4.78 is 0. The first-order chi connectivity index (χ1) is 6.02. The van der Waals surface area contributed by atoms with Crippen molar-refractivity contribution < 1.29 is 10.2 Å². The van der Waals surface area contributed by atoms with Gasteiger partial charge in [-0.25, -0.2) is 0 Å². The third-order valence-corrected chi connectivity index (χ3v) is 1.96. The highest BCUT2D eigenvalue weighted by atomic mass is 16.3. The molecule has 4 heteroatoms. The van der Waals surface area contributed by atoms with Gasteiger partial charge in [-0.05, 0) is 24.6 Å². The van der Waals surface area contributed by atoms with Crippen molar-refractivity contribution >= 4 is 5.69 Å². The molecule has 4 nitrogen and oxygen atoms in total. The zero-order valence-electron chi connectivity index (χ0n) is 7.44. The summed E-state index contributed by atoms with van der Waals surface area (Å²) in [7, 11) is 0. The van der Waals surface area contributed by atoms with Gasteiger partial charge in [0, 0.05) is 0 Å². The molecule has 0 spiro atoms. The lowest BCUT2D eigenvalue weighted by Gasteiger charge is -2.15. The summed E-state index contributed by atoms with van der Waals surface area (Å²) in [6, 6.07) is 4.22. The van der Waals surface area contributed by atoms with Crippen molar-refractivity contribution in [1.82, 2.24) is 0 Å². The topological polar surface area (TPSA) is 92.5 Å². The number of aliphatic hydroxyl groups is 1. The fourth-order valence-electron chi connectivity index (χ4n) is 1.05. The second kappa shape index (κ2) is 3.64. The first-order valence-electron chi connectivity index (χ1n) is 4.04. The molecule has 72 valence electrons. The predicted octanol–water partition coefficient (Wildman–Crippen LogP) is 0.355. The van der Waals surface area contributed by atoms with Gasteiger partial charge in [0.05, 0.1) is 17.8 Å². The fourth-order valence-corrected chi connectivity index (χ4v) is 1.05. The molecule has 1 rings (SSSR count). The highest BCUT2D eigenvalue weighted by Crippen LogP contribution is 2.24. The van der Waals surface area contributed by atoms with Crippen LogP contribution in [0.3, 0.4) is 0 Å². The molecule has 0 aromatic heterocycles. The number of nitrogens with two attached hydrogens (primary N) is 2. The van der Waals surface area contributed by atoms with E-state index in [1.807, 2.05) is 0 Å². The van der Waals surface area contributed by atoms with Crippen LogP contribution in [0.15, 0.2) is 18.2 Å². The minimum atomic E-state index is -0.650. The summed E-state index contributed by atoms with van der Waals surface area (Å²) in [5.41, 5.74) is 12.0. The Morgan fingerprint density at radius 2 is 2.00 bits per heavy atom. The average molecular weight is 182 g/mol. The van der Waals surface area contributed by atoms with Crippen molar-refractivity contribution in [3.05, 3.63) is 23.8 Å². The molecule has 0 aliphatic rings. The molecule has 0 saturated carbocycles. The number of nitrogen functional groups attached to an aromatic ring is 1. The van der Waals surface area contributed by atoms with Crippen LogP contribution in [0, 0.1) is 0 Å². The van der Waals surface area contributed by atoms with E-state index in [1.165, 1.54) is 6.07 Å². The Kier molecular flexibility index (Phi) is 2.75. The van der Waals surface area contributed by atoms with Crippen molar-refractivity contribution in [1.29, 1.82) is 0 Å². The van der Waals surface area contributed by atoms with Crippen molar-refractivity contribution in [3.63, 3.8) is 0 Å². The fraction of sp³-hybridized carbons (Fsp3) is 0.333. The lowest BCUT2D eigenvalue weighted by Crippen LogP contribution is -2.23. The van der Waals surface area contributed by atoms with Gasteiger partial charge < -0.3 is 21.7 Å². The minimum absolute atomic E-state index is 0.00593. The Morgan fingerprint density at radius 3 is 2.46 bits per heavy atom. The second-order valence-electron chi connectivity index (χ2n) is 3.08. The third-order valence-electron chi connectivity index (χ3n) is 1.96. The quantitative estimate of drug-likeness (QED) is 0.392. The van der Waals surface area contributed by atoms with Crippen molar-refractivity contribution in [2.24, 2.45) is 5.73 Å². The molecule has 6 N–H and O–H groups in total. The van der Waals surface area contributed by atoms with Crippen LogP contribution in [0.25, 0.3) is 0 Å². The van der Waals surface area contributed by atoms with Crippen LogP contribution in [-0.2, 0) is 0 Å². The van der Waals surface area contributed by atoms with E-state index in [0.717, 1.165) is 0 Å². The number of phenolic OH excluding ortho intramolecular Hbond substituents is 1. The molecule has 0 unspecified atom stereocenters. The highest BCUT2D eigenvalue weighted by Gasteiger charge is 2.12. The van der Waals surface area contributed by atoms with Crippen LogP contribution in [0.5, 0.6) is 5.75 Å². The molecule has 1 aromatic rings. The van der Waals surface area contributed by atoms with Gasteiger partial charge in [-0.2, -0.15) is 0 Å². The zero-order chi connectivity index (χ0) is 10.0. The Bertz CT molecular complexity index is 300. The molecule has 0 fully saturated rings. The highest BCUT2D eigenvalue weighted by molar-refractivity contribution is 5.53. The zero-order valence-corrected chi connectivity index (χ0v) is 7.44. The maximum Gasteiger partial charge on any atom is 0.138 e. The number of hydrogen-bond acceptors (Lipinski definition) is 4. The molecule has 0 amide bonds. The monoisotopic (exact) mass is 182 g/mol. The third kappa shape index (κ3) is 2.11. The normalized spacial score (nSPS) is 15.3. The number of benzene rings is 1. The van der Waals surface area contributed by atoms with Gasteiger partial charge in [-0.3, -0.25) is 0 Å². The van der Waals surface area contributed by atoms with E-state index in [4.69, 9.17) is 11.5 Å². The number of anilines is 1. The minimum Gasteiger partial charge on any atom is -0.506 e. The second-order valence-corrected chi connectivity index (χ2v) is 3.08. The summed E-state index contributed by atoms with van der Waals surface area (Å²) in [4.78, 5) is 0. The largest absolute Gasteiger partial charge is 0.506 e. The van der Waals surface area contributed by atoms with E-state index in [9.17, 15) is 10.2 Å². The smallest absolute Gasteiger partial charge is 0.138 e. The van der Waals surface area contributed by atoms with Gasteiger partial charge in [0.15, 0.2) is 0 Å². The summed E-state index contributed by atoms with van der Waals surface area (Å²) in [6.07, 6.45) is -0.650. The SMILES string of the molecule is C[C@H](O)[C@H](N)c1ccc(N)c(O)c1. The molecule has 13 heavy (non-hydrogen) atoms. The number of aliphatic hydroxyl groups excluding tert-OH is 1. The summed E-state index contributed by atoms with van der Waals surface area (Å²) in [5.74, 6) is -0.00593. The number of aromatic hydroxyl groups is 1. The molecule has 0 saturated heterocycles. The molecule has 1 aromatic carbocycles. The van der Waals surface area contributed by atoms with Crippen molar-refractivity contribution in [2.75, 3.05) is 5.73 Å². The number of phenols is 1. The average Bonchev–Trinajstić information content (AvgIpc) is 2.08. The Labute approximate surface area is 76.8 Å². The van der Waals surface area contributed by atoms with Crippen LogP contribution < -0.4 is 11.5 Å². The van der Waals surface area contributed by atoms with E-state index in [1.54, 1.807) is 19.1 Å². The molecule has 0 aliphatic carbocycles. The lowest BCUT2D eigenvalue weighted by molar-refractivity contribution is 0.164. The Balaban J connectivity index is 2.97. The molecule has 0 aliphatic heterocycles. The Morgan fingerprint density at radius 1 is 1.38 bits per heavy atom. The van der Waals surface area contributed by atoms with Crippen LogP contribution >= 0.6 is 0 Å². The standard InChI is InChI=1S/C9H14N2O2/c1-5(12)9(11)6-2-3-7(10)8(13)4-6/h2-5,9,12-13H,10-11H2,1H3/t5-,9-/m0/s1. The molecular weight excluding hydrogens is 168 g/mol. The van der Waals surface area contributed by atoms with E-state index in [0.29, 0.717) is 11.3 Å².